The lowest BCUT2D eigenvalue weighted by Gasteiger charge is -2.21. The molecule has 1 atom stereocenters. The number of hydrogen-bond acceptors (Lipinski definition) is 6. The number of nitrogens with one attached hydrogen (secondary N) is 1. The van der Waals surface area contributed by atoms with Crippen molar-refractivity contribution in [2.45, 2.75) is 65.5 Å². The molecule has 1 N–H and O–H groups in total. The van der Waals surface area contributed by atoms with Crippen molar-refractivity contribution in [3.8, 4) is 0 Å². The Morgan fingerprint density at radius 1 is 1.41 bits per heavy atom. The van der Waals surface area contributed by atoms with E-state index in [0.29, 0.717) is 37.5 Å². The molecule has 7 nitrogen and oxygen atoms in total. The molecule has 2 aromatic heterocycles. The molecule has 146 valence electrons. The maximum absolute atomic E-state index is 12.5. The van der Waals surface area contributed by atoms with Crippen LogP contribution in [0.2, 0.25) is 0 Å². The molecule has 8 heteroatoms. The molecule has 1 unspecified atom stereocenters. The van der Waals surface area contributed by atoms with E-state index in [0.717, 1.165) is 28.4 Å². The highest BCUT2D eigenvalue weighted by Crippen LogP contribution is 2.21. The molecule has 0 radical (unpaired) electrons. The standard InChI is InChI=1S/C19H26N4O3S/c1-11(2)19-21-16(10-27-19)18(25)20-14-5-6-17(24)23(8-7-14)9-15-12(3)22-26-13(15)4/h10-11,14H,5-9H2,1-4H3,(H,20,25). The summed E-state index contributed by atoms with van der Waals surface area (Å²) in [5.41, 5.74) is 2.25. The molecule has 0 aliphatic carbocycles. The Kier molecular flexibility index (Phi) is 5.94. The summed E-state index contributed by atoms with van der Waals surface area (Å²) in [6.07, 6.45) is 1.79. The summed E-state index contributed by atoms with van der Waals surface area (Å²) in [6.45, 7) is 8.97. The van der Waals surface area contributed by atoms with Crippen molar-refractivity contribution < 1.29 is 14.1 Å². The third-order valence-electron chi connectivity index (χ3n) is 4.92. The summed E-state index contributed by atoms with van der Waals surface area (Å²) < 4.78 is 5.19. The molecule has 2 aromatic rings. The Labute approximate surface area is 163 Å². The number of likely N-dealkylation sites (tertiary alicyclic amines) is 1. The van der Waals surface area contributed by atoms with Crippen LogP contribution in [-0.4, -0.2) is 39.4 Å². The lowest BCUT2D eigenvalue weighted by atomic mass is 10.1. The molecule has 0 saturated carbocycles. The summed E-state index contributed by atoms with van der Waals surface area (Å²) in [7, 11) is 0. The van der Waals surface area contributed by atoms with Crippen molar-refractivity contribution in [3.63, 3.8) is 0 Å². The second kappa shape index (κ2) is 8.21. The zero-order valence-corrected chi connectivity index (χ0v) is 17.1. The van der Waals surface area contributed by atoms with E-state index in [1.54, 1.807) is 5.38 Å². The smallest absolute Gasteiger partial charge is 0.270 e. The minimum absolute atomic E-state index is 0.0275. The van der Waals surface area contributed by atoms with Gasteiger partial charge in [-0.2, -0.15) is 0 Å². The number of hydrogen-bond donors (Lipinski definition) is 1. The Morgan fingerprint density at radius 2 is 2.19 bits per heavy atom. The molecular weight excluding hydrogens is 364 g/mol. The maximum atomic E-state index is 12.5. The fraction of sp³-hybridized carbons (Fsp3) is 0.579. The van der Waals surface area contributed by atoms with Gasteiger partial charge in [0.25, 0.3) is 5.91 Å². The van der Waals surface area contributed by atoms with Crippen molar-refractivity contribution in [2.24, 2.45) is 0 Å². The first kappa shape index (κ1) is 19.5. The highest BCUT2D eigenvalue weighted by molar-refractivity contribution is 7.09. The van der Waals surface area contributed by atoms with Crippen LogP contribution in [0.4, 0.5) is 0 Å². The zero-order chi connectivity index (χ0) is 19.6. The fourth-order valence-corrected chi connectivity index (χ4v) is 4.00. The van der Waals surface area contributed by atoms with Crippen LogP contribution in [0.5, 0.6) is 0 Å². The lowest BCUT2D eigenvalue weighted by molar-refractivity contribution is -0.131. The van der Waals surface area contributed by atoms with Gasteiger partial charge < -0.3 is 14.7 Å². The molecule has 1 fully saturated rings. The maximum Gasteiger partial charge on any atom is 0.270 e. The summed E-state index contributed by atoms with van der Waals surface area (Å²) in [5.74, 6) is 1.00. The summed E-state index contributed by atoms with van der Waals surface area (Å²) in [4.78, 5) is 31.2. The summed E-state index contributed by atoms with van der Waals surface area (Å²) in [6, 6.07) is -0.0275. The van der Waals surface area contributed by atoms with Crippen LogP contribution in [0.25, 0.3) is 0 Å². The minimum atomic E-state index is -0.158. The van der Waals surface area contributed by atoms with Crippen LogP contribution >= 0.6 is 11.3 Å². The van der Waals surface area contributed by atoms with Crippen molar-refractivity contribution in [2.75, 3.05) is 6.54 Å². The second-order valence-corrected chi connectivity index (χ2v) is 8.23. The quantitative estimate of drug-likeness (QED) is 0.847. The first-order chi connectivity index (χ1) is 12.8. The van der Waals surface area contributed by atoms with Crippen LogP contribution in [0.3, 0.4) is 0 Å². The molecule has 0 spiro atoms. The highest BCUT2D eigenvalue weighted by atomic mass is 32.1. The van der Waals surface area contributed by atoms with Gasteiger partial charge in [-0.3, -0.25) is 9.59 Å². The second-order valence-electron chi connectivity index (χ2n) is 7.34. The van der Waals surface area contributed by atoms with Gasteiger partial charge in [0.15, 0.2) is 0 Å². The molecule has 0 bridgehead atoms. The van der Waals surface area contributed by atoms with Crippen molar-refractivity contribution in [1.82, 2.24) is 20.4 Å². The van der Waals surface area contributed by atoms with Gasteiger partial charge in [-0.1, -0.05) is 19.0 Å². The van der Waals surface area contributed by atoms with E-state index in [4.69, 9.17) is 4.52 Å². The van der Waals surface area contributed by atoms with E-state index in [1.165, 1.54) is 11.3 Å². The normalized spacial score (nSPS) is 18.0. The largest absolute Gasteiger partial charge is 0.361 e. The van der Waals surface area contributed by atoms with E-state index < -0.39 is 0 Å². The summed E-state index contributed by atoms with van der Waals surface area (Å²) >= 11 is 1.51. The predicted octanol–water partition coefficient (Wildman–Crippen LogP) is 3.18. The van der Waals surface area contributed by atoms with Gasteiger partial charge in [0.1, 0.15) is 11.5 Å². The number of amides is 2. The molecule has 27 heavy (non-hydrogen) atoms. The zero-order valence-electron chi connectivity index (χ0n) is 16.2. The molecule has 1 aliphatic rings. The van der Waals surface area contributed by atoms with Gasteiger partial charge in [0.05, 0.1) is 17.2 Å². The molecule has 1 saturated heterocycles. The number of carbonyl (C=O) groups is 2. The van der Waals surface area contributed by atoms with E-state index in [1.807, 2.05) is 18.7 Å². The number of thiazole rings is 1. The van der Waals surface area contributed by atoms with Crippen LogP contribution in [0.15, 0.2) is 9.90 Å². The molecular formula is C19H26N4O3S. The van der Waals surface area contributed by atoms with Crippen LogP contribution in [0, 0.1) is 13.8 Å². The van der Waals surface area contributed by atoms with Crippen molar-refractivity contribution >= 4 is 23.2 Å². The monoisotopic (exact) mass is 390 g/mol. The number of aromatic nitrogens is 2. The first-order valence-electron chi connectivity index (χ1n) is 9.31. The fourth-order valence-electron chi connectivity index (χ4n) is 3.18. The average molecular weight is 391 g/mol. The Balaban J connectivity index is 1.60. The van der Waals surface area contributed by atoms with E-state index in [2.05, 4.69) is 29.3 Å². The third-order valence-corrected chi connectivity index (χ3v) is 6.07. The molecule has 0 aromatic carbocycles. The molecule has 1 aliphatic heterocycles. The van der Waals surface area contributed by atoms with Crippen molar-refractivity contribution in [3.05, 3.63) is 33.1 Å². The van der Waals surface area contributed by atoms with Gasteiger partial charge in [-0.15, -0.1) is 11.3 Å². The lowest BCUT2D eigenvalue weighted by Crippen LogP contribution is -2.36. The summed E-state index contributed by atoms with van der Waals surface area (Å²) in [5, 5.41) is 9.76. The SMILES string of the molecule is Cc1noc(C)c1CN1CCC(NC(=O)c2csc(C(C)C)n2)CCC1=O. The van der Waals surface area contributed by atoms with Gasteiger partial charge >= 0.3 is 0 Å². The number of aryl methyl sites for hydroxylation is 2. The number of carbonyl (C=O) groups excluding carboxylic acids is 2. The van der Waals surface area contributed by atoms with Gasteiger partial charge in [-0.25, -0.2) is 4.98 Å². The Bertz CT molecular complexity index is 807. The van der Waals surface area contributed by atoms with Crippen molar-refractivity contribution in [1.29, 1.82) is 0 Å². The number of rotatable bonds is 5. The van der Waals surface area contributed by atoms with Crippen LogP contribution in [0.1, 0.15) is 71.5 Å². The first-order valence-corrected chi connectivity index (χ1v) is 10.2. The number of nitrogens with zero attached hydrogens (tertiary/aromatic N) is 3. The Morgan fingerprint density at radius 3 is 2.81 bits per heavy atom. The minimum Gasteiger partial charge on any atom is -0.361 e. The third kappa shape index (κ3) is 4.55. The molecule has 2 amide bonds. The average Bonchev–Trinajstić information content (AvgIpc) is 3.20. The van der Waals surface area contributed by atoms with Gasteiger partial charge in [0.2, 0.25) is 5.91 Å². The van der Waals surface area contributed by atoms with Gasteiger partial charge in [0, 0.05) is 35.9 Å². The topological polar surface area (TPSA) is 88.3 Å². The van der Waals surface area contributed by atoms with E-state index >= 15 is 0 Å². The Hall–Kier alpha value is -2.22. The highest BCUT2D eigenvalue weighted by Gasteiger charge is 2.26. The van der Waals surface area contributed by atoms with E-state index in [-0.39, 0.29) is 17.9 Å². The van der Waals surface area contributed by atoms with Crippen LogP contribution < -0.4 is 5.32 Å². The molecule has 3 rings (SSSR count). The molecule has 3 heterocycles. The predicted molar refractivity (Wildman–Crippen MR) is 103 cm³/mol. The van der Waals surface area contributed by atoms with E-state index in [9.17, 15) is 9.59 Å². The van der Waals surface area contributed by atoms with Gasteiger partial charge in [-0.05, 0) is 26.7 Å². The van der Waals surface area contributed by atoms with Crippen LogP contribution in [-0.2, 0) is 11.3 Å².